The normalized spacial score (nSPS) is 11.9. The molecule has 0 aliphatic carbocycles. The monoisotopic (exact) mass is 368 g/mol. The summed E-state index contributed by atoms with van der Waals surface area (Å²) >= 11 is 0. The average Bonchev–Trinajstić information content (AvgIpc) is 2.70. The summed E-state index contributed by atoms with van der Waals surface area (Å²) in [5, 5.41) is 2.05. The molecule has 27 heavy (non-hydrogen) atoms. The number of halogens is 1. The molecule has 0 spiro atoms. The average molecular weight is 368 g/mol. The van der Waals surface area contributed by atoms with Crippen molar-refractivity contribution in [1.82, 2.24) is 0 Å². The van der Waals surface area contributed by atoms with Crippen LogP contribution in [0, 0.1) is 5.82 Å². The number of hydrogen-bond donors (Lipinski definition) is 0. The number of fused-ring (bicyclic) bond motifs is 1. The number of benzene rings is 3. The number of methoxy groups -OCH3 is 2. The molecule has 3 aromatic carbocycles. The van der Waals surface area contributed by atoms with E-state index >= 15 is 0 Å². The maximum Gasteiger partial charge on any atom is 0.313 e. The van der Waals surface area contributed by atoms with Crippen LogP contribution in [-0.4, -0.2) is 20.2 Å². The highest BCUT2D eigenvalue weighted by Gasteiger charge is 2.17. The second-order valence-electron chi connectivity index (χ2n) is 6.27. The maximum atomic E-state index is 13.7. The van der Waals surface area contributed by atoms with Gasteiger partial charge in [0.05, 0.1) is 20.1 Å². The van der Waals surface area contributed by atoms with E-state index in [-0.39, 0.29) is 18.3 Å². The SMILES string of the molecule is COc1ccc2cc([C@H](C)C(=O)OCc3ccc(OC)c(F)c3)ccc2c1. The second-order valence-corrected chi connectivity index (χ2v) is 6.27. The Labute approximate surface area is 157 Å². The molecule has 140 valence electrons. The highest BCUT2D eigenvalue weighted by molar-refractivity contribution is 5.86. The van der Waals surface area contributed by atoms with Crippen LogP contribution >= 0.6 is 0 Å². The smallest absolute Gasteiger partial charge is 0.313 e. The molecular formula is C22H21FO4. The van der Waals surface area contributed by atoms with E-state index in [1.54, 1.807) is 20.1 Å². The molecule has 4 nitrogen and oxygen atoms in total. The van der Waals surface area contributed by atoms with Crippen molar-refractivity contribution in [3.8, 4) is 11.5 Å². The Balaban J connectivity index is 1.69. The maximum absolute atomic E-state index is 13.7. The molecule has 0 saturated heterocycles. The summed E-state index contributed by atoms with van der Waals surface area (Å²) in [6.45, 7) is 1.80. The summed E-state index contributed by atoms with van der Waals surface area (Å²) < 4.78 is 29.2. The lowest BCUT2D eigenvalue weighted by Crippen LogP contribution is -2.13. The molecule has 0 saturated carbocycles. The highest BCUT2D eigenvalue weighted by atomic mass is 19.1. The Hall–Kier alpha value is -3.08. The van der Waals surface area contributed by atoms with Crippen LogP contribution in [0.2, 0.25) is 0 Å². The Bertz CT molecular complexity index is 968. The minimum absolute atomic E-state index is 0.00880. The van der Waals surface area contributed by atoms with Crippen LogP contribution < -0.4 is 9.47 Å². The highest BCUT2D eigenvalue weighted by Crippen LogP contribution is 2.26. The van der Waals surface area contributed by atoms with E-state index in [4.69, 9.17) is 14.2 Å². The lowest BCUT2D eigenvalue weighted by molar-refractivity contribution is -0.146. The minimum Gasteiger partial charge on any atom is -0.497 e. The quantitative estimate of drug-likeness (QED) is 0.584. The fourth-order valence-corrected chi connectivity index (χ4v) is 2.85. The summed E-state index contributed by atoms with van der Waals surface area (Å²) in [4.78, 5) is 12.4. The summed E-state index contributed by atoms with van der Waals surface area (Å²) in [5.41, 5.74) is 1.43. The van der Waals surface area contributed by atoms with E-state index in [0.29, 0.717) is 5.56 Å². The zero-order chi connectivity index (χ0) is 19.4. The van der Waals surface area contributed by atoms with Crippen molar-refractivity contribution in [1.29, 1.82) is 0 Å². The number of carbonyl (C=O) groups is 1. The van der Waals surface area contributed by atoms with Crippen molar-refractivity contribution in [2.75, 3.05) is 14.2 Å². The fraction of sp³-hybridized carbons (Fsp3) is 0.227. The first-order valence-electron chi connectivity index (χ1n) is 8.58. The molecule has 0 bridgehead atoms. The Morgan fingerprint density at radius 2 is 1.70 bits per heavy atom. The van der Waals surface area contributed by atoms with Gasteiger partial charge in [0, 0.05) is 0 Å². The van der Waals surface area contributed by atoms with Crippen molar-refractivity contribution >= 4 is 16.7 Å². The summed E-state index contributed by atoms with van der Waals surface area (Å²) in [5.74, 6) is -0.330. The zero-order valence-electron chi connectivity index (χ0n) is 15.5. The Kier molecular flexibility index (Phi) is 5.60. The third-order valence-corrected chi connectivity index (χ3v) is 4.52. The molecule has 0 aromatic heterocycles. The minimum atomic E-state index is -0.482. The van der Waals surface area contributed by atoms with Crippen molar-refractivity contribution in [2.24, 2.45) is 0 Å². The first-order valence-corrected chi connectivity index (χ1v) is 8.58. The number of carbonyl (C=O) groups excluding carboxylic acids is 1. The van der Waals surface area contributed by atoms with Gasteiger partial charge in [-0.2, -0.15) is 0 Å². The van der Waals surface area contributed by atoms with E-state index in [9.17, 15) is 9.18 Å². The van der Waals surface area contributed by atoms with E-state index in [1.165, 1.54) is 19.2 Å². The van der Waals surface area contributed by atoms with Gasteiger partial charge in [-0.25, -0.2) is 4.39 Å². The Morgan fingerprint density at radius 1 is 0.963 bits per heavy atom. The predicted octanol–water partition coefficient (Wildman–Crippen LogP) is 4.84. The van der Waals surface area contributed by atoms with E-state index < -0.39 is 11.7 Å². The molecule has 3 aromatic rings. The summed E-state index contributed by atoms with van der Waals surface area (Å²) in [6, 6.07) is 16.1. The van der Waals surface area contributed by atoms with Crippen LogP contribution in [0.25, 0.3) is 10.8 Å². The lowest BCUT2D eigenvalue weighted by Gasteiger charge is -2.13. The number of esters is 1. The zero-order valence-corrected chi connectivity index (χ0v) is 15.5. The van der Waals surface area contributed by atoms with Crippen LogP contribution in [-0.2, 0) is 16.1 Å². The van der Waals surface area contributed by atoms with Crippen LogP contribution in [0.3, 0.4) is 0 Å². The molecule has 0 radical (unpaired) electrons. The molecule has 0 fully saturated rings. The predicted molar refractivity (Wildman–Crippen MR) is 102 cm³/mol. The third-order valence-electron chi connectivity index (χ3n) is 4.52. The standard InChI is InChI=1S/C22H21FO4/c1-14(16-5-6-18-12-19(25-2)8-7-17(18)11-16)22(24)27-13-15-4-9-21(26-3)20(23)10-15/h4-12,14H,13H2,1-3H3/t14-/m0/s1. The molecular weight excluding hydrogens is 347 g/mol. The fourth-order valence-electron chi connectivity index (χ4n) is 2.85. The van der Waals surface area contributed by atoms with Crippen LogP contribution in [0.1, 0.15) is 24.0 Å². The molecule has 0 aliphatic rings. The first kappa shape index (κ1) is 18.7. The molecule has 3 rings (SSSR count). The van der Waals surface area contributed by atoms with E-state index in [0.717, 1.165) is 22.1 Å². The largest absolute Gasteiger partial charge is 0.497 e. The van der Waals surface area contributed by atoms with Crippen molar-refractivity contribution in [3.63, 3.8) is 0 Å². The van der Waals surface area contributed by atoms with Gasteiger partial charge in [-0.15, -0.1) is 0 Å². The second kappa shape index (κ2) is 8.08. The molecule has 1 atom stereocenters. The van der Waals surface area contributed by atoms with Crippen LogP contribution in [0.5, 0.6) is 11.5 Å². The van der Waals surface area contributed by atoms with Gasteiger partial charge >= 0.3 is 5.97 Å². The van der Waals surface area contributed by atoms with Crippen LogP contribution in [0.4, 0.5) is 4.39 Å². The molecule has 0 unspecified atom stereocenters. The van der Waals surface area contributed by atoms with Crippen molar-refractivity contribution < 1.29 is 23.4 Å². The molecule has 0 aliphatic heterocycles. The van der Waals surface area contributed by atoms with Gasteiger partial charge < -0.3 is 14.2 Å². The number of rotatable bonds is 6. The molecule has 0 heterocycles. The van der Waals surface area contributed by atoms with Crippen molar-refractivity contribution in [3.05, 3.63) is 71.5 Å². The summed E-state index contributed by atoms with van der Waals surface area (Å²) in [6.07, 6.45) is 0. The topological polar surface area (TPSA) is 44.8 Å². The van der Waals surface area contributed by atoms with Gasteiger partial charge in [-0.05, 0) is 53.1 Å². The van der Waals surface area contributed by atoms with E-state index in [2.05, 4.69) is 0 Å². The van der Waals surface area contributed by atoms with Gasteiger partial charge in [0.25, 0.3) is 0 Å². The summed E-state index contributed by atoms with van der Waals surface area (Å²) in [7, 11) is 3.03. The van der Waals surface area contributed by atoms with Gasteiger partial charge in [0.1, 0.15) is 12.4 Å². The Morgan fingerprint density at radius 3 is 2.41 bits per heavy atom. The van der Waals surface area contributed by atoms with Gasteiger partial charge in [0.2, 0.25) is 0 Å². The first-order chi connectivity index (χ1) is 13.0. The van der Waals surface area contributed by atoms with E-state index in [1.807, 2.05) is 36.4 Å². The number of ether oxygens (including phenoxy) is 3. The third kappa shape index (κ3) is 4.19. The number of hydrogen-bond acceptors (Lipinski definition) is 4. The lowest BCUT2D eigenvalue weighted by atomic mass is 9.98. The molecule has 0 amide bonds. The van der Waals surface area contributed by atoms with Crippen LogP contribution in [0.15, 0.2) is 54.6 Å². The van der Waals surface area contributed by atoms with Gasteiger partial charge in [0.15, 0.2) is 11.6 Å². The molecule has 5 heteroatoms. The van der Waals surface area contributed by atoms with Crippen molar-refractivity contribution in [2.45, 2.75) is 19.4 Å². The van der Waals surface area contributed by atoms with Gasteiger partial charge in [-0.1, -0.05) is 30.3 Å². The van der Waals surface area contributed by atoms with Gasteiger partial charge in [-0.3, -0.25) is 4.79 Å². The molecule has 0 N–H and O–H groups in total.